The summed E-state index contributed by atoms with van der Waals surface area (Å²) < 4.78 is 27.8. The van der Waals surface area contributed by atoms with Crippen LogP contribution in [-0.2, 0) is 16.6 Å². The number of nitrogens with zero attached hydrogens (tertiary/aromatic N) is 2. The first-order valence-corrected chi connectivity index (χ1v) is 11.1. The van der Waals surface area contributed by atoms with Crippen LogP contribution in [0.25, 0.3) is 0 Å². The number of carbonyl (C=O) groups excluding carboxylic acids is 1. The molecule has 2 aromatic rings. The van der Waals surface area contributed by atoms with Gasteiger partial charge in [0, 0.05) is 37.1 Å². The number of likely N-dealkylation sites (tertiary alicyclic amines) is 1. The molecule has 0 bridgehead atoms. The molecule has 27 heavy (non-hydrogen) atoms. The summed E-state index contributed by atoms with van der Waals surface area (Å²) >= 11 is 0. The Morgan fingerprint density at radius 3 is 2.59 bits per heavy atom. The number of benzene rings is 1. The first-order valence-electron chi connectivity index (χ1n) is 9.22. The van der Waals surface area contributed by atoms with Crippen molar-refractivity contribution in [2.75, 3.05) is 19.3 Å². The molecule has 1 fully saturated rings. The number of hydrogen-bond acceptors (Lipinski definition) is 3. The minimum absolute atomic E-state index is 0.0255. The van der Waals surface area contributed by atoms with E-state index < -0.39 is 10.0 Å². The second-order valence-corrected chi connectivity index (χ2v) is 9.12. The van der Waals surface area contributed by atoms with Crippen LogP contribution in [0.2, 0.25) is 0 Å². The minimum atomic E-state index is -3.27. The largest absolute Gasteiger partial charge is 0.344 e. The Bertz CT molecular complexity index is 919. The summed E-state index contributed by atoms with van der Waals surface area (Å²) in [5, 5.41) is 0. The Balaban J connectivity index is 1.78. The number of amides is 1. The lowest BCUT2D eigenvalue weighted by Crippen LogP contribution is -2.49. The Morgan fingerprint density at radius 1 is 1.22 bits per heavy atom. The van der Waals surface area contributed by atoms with Gasteiger partial charge in [0.2, 0.25) is 10.0 Å². The maximum absolute atomic E-state index is 13.1. The SMILES string of the molecule is Cc1cc(C(=O)N2CCC[C@@H](NS(C)(=O)=O)C2)c(C)n1Cc1ccccc1. The molecule has 7 heteroatoms. The van der Waals surface area contributed by atoms with E-state index in [0.29, 0.717) is 18.7 Å². The van der Waals surface area contributed by atoms with E-state index in [1.165, 1.54) is 5.56 Å². The van der Waals surface area contributed by atoms with Gasteiger partial charge in [0.15, 0.2) is 0 Å². The number of rotatable bonds is 5. The molecule has 6 nitrogen and oxygen atoms in total. The van der Waals surface area contributed by atoms with E-state index in [4.69, 9.17) is 0 Å². The summed E-state index contributed by atoms with van der Waals surface area (Å²) in [4.78, 5) is 14.8. The third kappa shape index (κ3) is 4.78. The monoisotopic (exact) mass is 389 g/mol. The standard InChI is InChI=1S/C20H27N3O3S/c1-15-12-19(16(2)23(15)13-17-8-5-4-6-9-17)20(24)22-11-7-10-18(14-22)21-27(3,25)26/h4-6,8-9,12,18,21H,7,10-11,13-14H2,1-3H3/t18-/m1/s1. The Morgan fingerprint density at radius 2 is 1.93 bits per heavy atom. The molecule has 2 heterocycles. The Hall–Kier alpha value is -2.12. The molecule has 1 amide bonds. The smallest absolute Gasteiger partial charge is 0.255 e. The van der Waals surface area contributed by atoms with E-state index in [1.807, 2.05) is 38.1 Å². The molecule has 146 valence electrons. The van der Waals surface area contributed by atoms with Gasteiger partial charge in [0.25, 0.3) is 5.91 Å². The molecule has 1 aromatic heterocycles. The maximum atomic E-state index is 13.1. The Kier molecular flexibility index (Phi) is 5.72. The highest BCUT2D eigenvalue weighted by Crippen LogP contribution is 2.21. The van der Waals surface area contributed by atoms with Gasteiger partial charge in [0.1, 0.15) is 0 Å². The normalized spacial score (nSPS) is 17.9. The van der Waals surface area contributed by atoms with Crippen LogP contribution in [0.5, 0.6) is 0 Å². The van der Waals surface area contributed by atoms with Crippen LogP contribution in [0, 0.1) is 13.8 Å². The van der Waals surface area contributed by atoms with Gasteiger partial charge in [0.05, 0.1) is 11.8 Å². The van der Waals surface area contributed by atoms with Gasteiger partial charge in [-0.05, 0) is 38.3 Å². The molecule has 3 rings (SSSR count). The van der Waals surface area contributed by atoms with Crippen LogP contribution in [-0.4, -0.2) is 49.2 Å². The number of hydrogen-bond donors (Lipinski definition) is 1. The van der Waals surface area contributed by atoms with Crippen molar-refractivity contribution < 1.29 is 13.2 Å². The van der Waals surface area contributed by atoms with Crippen molar-refractivity contribution in [2.24, 2.45) is 0 Å². The second kappa shape index (κ2) is 7.86. The molecule has 1 N–H and O–H groups in total. The molecule has 0 aliphatic carbocycles. The van der Waals surface area contributed by atoms with Gasteiger partial charge in [-0.15, -0.1) is 0 Å². The lowest BCUT2D eigenvalue weighted by Gasteiger charge is -2.32. The van der Waals surface area contributed by atoms with Crippen molar-refractivity contribution in [1.29, 1.82) is 0 Å². The first-order chi connectivity index (χ1) is 12.7. The number of sulfonamides is 1. The zero-order valence-electron chi connectivity index (χ0n) is 16.1. The molecule has 0 saturated carbocycles. The molecule has 1 aromatic carbocycles. The van der Waals surface area contributed by atoms with Gasteiger partial charge in [-0.25, -0.2) is 13.1 Å². The van der Waals surface area contributed by atoms with Crippen LogP contribution < -0.4 is 4.72 Å². The number of aromatic nitrogens is 1. The Labute approximate surface area is 161 Å². The van der Waals surface area contributed by atoms with Crippen molar-refractivity contribution in [1.82, 2.24) is 14.2 Å². The van der Waals surface area contributed by atoms with Crippen LogP contribution in [0.15, 0.2) is 36.4 Å². The number of nitrogens with one attached hydrogen (secondary N) is 1. The van der Waals surface area contributed by atoms with Crippen molar-refractivity contribution in [3.05, 3.63) is 58.9 Å². The second-order valence-electron chi connectivity index (χ2n) is 7.34. The van der Waals surface area contributed by atoms with Crippen LogP contribution in [0.3, 0.4) is 0 Å². The number of carbonyl (C=O) groups is 1. The molecule has 1 aliphatic rings. The highest BCUT2D eigenvalue weighted by Gasteiger charge is 2.28. The number of aryl methyl sites for hydroxylation is 1. The highest BCUT2D eigenvalue weighted by atomic mass is 32.2. The van der Waals surface area contributed by atoms with Crippen LogP contribution >= 0.6 is 0 Å². The van der Waals surface area contributed by atoms with E-state index in [9.17, 15) is 13.2 Å². The third-order valence-corrected chi connectivity index (χ3v) is 5.84. The molecular weight excluding hydrogens is 362 g/mol. The molecule has 0 radical (unpaired) electrons. The fourth-order valence-corrected chi connectivity index (χ4v) is 4.56. The molecule has 1 atom stereocenters. The van der Waals surface area contributed by atoms with Gasteiger partial charge < -0.3 is 9.47 Å². The summed E-state index contributed by atoms with van der Waals surface area (Å²) in [6.45, 7) is 5.78. The summed E-state index contributed by atoms with van der Waals surface area (Å²) in [5.41, 5.74) is 3.87. The average molecular weight is 390 g/mol. The quantitative estimate of drug-likeness (QED) is 0.853. The molecule has 1 saturated heterocycles. The van der Waals surface area contributed by atoms with Crippen LogP contribution in [0.4, 0.5) is 0 Å². The van der Waals surface area contributed by atoms with Crippen molar-refractivity contribution in [3.8, 4) is 0 Å². The summed E-state index contributed by atoms with van der Waals surface area (Å²) in [7, 11) is -3.27. The van der Waals surface area contributed by atoms with Crippen LogP contribution in [0.1, 0.15) is 40.2 Å². The third-order valence-electron chi connectivity index (χ3n) is 5.08. The maximum Gasteiger partial charge on any atom is 0.255 e. The lowest BCUT2D eigenvalue weighted by molar-refractivity contribution is 0.0702. The molecular formula is C20H27N3O3S. The number of piperidine rings is 1. The summed E-state index contributed by atoms with van der Waals surface area (Å²) in [6.07, 6.45) is 2.70. The molecule has 1 aliphatic heterocycles. The van der Waals surface area contributed by atoms with E-state index in [2.05, 4.69) is 21.4 Å². The topological polar surface area (TPSA) is 71.4 Å². The van der Waals surface area contributed by atoms with Crippen molar-refractivity contribution >= 4 is 15.9 Å². The van der Waals surface area contributed by atoms with Gasteiger partial charge >= 0.3 is 0 Å². The zero-order chi connectivity index (χ0) is 19.6. The minimum Gasteiger partial charge on any atom is -0.344 e. The van der Waals surface area contributed by atoms with Gasteiger partial charge in [-0.1, -0.05) is 30.3 Å². The molecule has 0 unspecified atom stereocenters. The van der Waals surface area contributed by atoms with E-state index in [1.54, 1.807) is 4.90 Å². The zero-order valence-corrected chi connectivity index (χ0v) is 16.9. The fraction of sp³-hybridized carbons (Fsp3) is 0.450. The first kappa shape index (κ1) is 19.6. The van der Waals surface area contributed by atoms with Gasteiger partial charge in [-0.3, -0.25) is 4.79 Å². The van der Waals surface area contributed by atoms with E-state index in [-0.39, 0.29) is 11.9 Å². The summed E-state index contributed by atoms with van der Waals surface area (Å²) in [6, 6.07) is 11.9. The fourth-order valence-electron chi connectivity index (χ4n) is 3.76. The average Bonchev–Trinajstić information content (AvgIpc) is 2.89. The van der Waals surface area contributed by atoms with Crippen molar-refractivity contribution in [3.63, 3.8) is 0 Å². The van der Waals surface area contributed by atoms with Gasteiger partial charge in [-0.2, -0.15) is 0 Å². The van der Waals surface area contributed by atoms with E-state index >= 15 is 0 Å². The molecule has 0 spiro atoms. The predicted octanol–water partition coefficient (Wildman–Crippen LogP) is 2.31. The van der Waals surface area contributed by atoms with Crippen molar-refractivity contribution in [2.45, 2.75) is 39.3 Å². The predicted molar refractivity (Wildman–Crippen MR) is 106 cm³/mol. The lowest BCUT2D eigenvalue weighted by atomic mass is 10.1. The van der Waals surface area contributed by atoms with E-state index in [0.717, 1.165) is 37.0 Å². The summed E-state index contributed by atoms with van der Waals surface area (Å²) in [5.74, 6) is -0.0255. The highest BCUT2D eigenvalue weighted by molar-refractivity contribution is 7.88.